The summed E-state index contributed by atoms with van der Waals surface area (Å²) in [4.78, 5) is 28.8. The molecule has 4 nitrogen and oxygen atoms in total. The second kappa shape index (κ2) is 4.89. The van der Waals surface area contributed by atoms with Gasteiger partial charge in [0.2, 0.25) is 5.91 Å². The third-order valence-electron chi connectivity index (χ3n) is 6.92. The van der Waals surface area contributed by atoms with Gasteiger partial charge in [-0.1, -0.05) is 60.2 Å². The van der Waals surface area contributed by atoms with Crippen molar-refractivity contribution in [2.24, 2.45) is 17.8 Å². The number of carbonyl (C=O) groups excluding carboxylic acids is 2. The van der Waals surface area contributed by atoms with E-state index in [1.807, 2.05) is 60.4 Å². The van der Waals surface area contributed by atoms with Crippen molar-refractivity contribution >= 4 is 11.8 Å². The number of rotatable bonds is 1. The number of benzene rings is 2. The van der Waals surface area contributed by atoms with Crippen molar-refractivity contribution in [3.05, 3.63) is 82.9 Å². The zero-order chi connectivity index (χ0) is 18.3. The molecule has 2 aromatic carbocycles. The molecule has 4 aliphatic rings. The summed E-state index contributed by atoms with van der Waals surface area (Å²) in [6.07, 6.45) is 5.34. The first-order chi connectivity index (χ1) is 13.1. The monoisotopic (exact) mass is 356 g/mol. The average molecular weight is 356 g/mol. The van der Waals surface area contributed by atoms with E-state index < -0.39 is 5.66 Å². The SMILES string of the molecule is Cc1ccc([C@]23NC(=O)[C@@H]4[C@@H]([C@@H]5C=C[C@H]4C5)N2C(=O)c2ccccc23)cc1. The summed E-state index contributed by atoms with van der Waals surface area (Å²) in [6, 6.07) is 15.8. The maximum atomic E-state index is 13.6. The lowest BCUT2D eigenvalue weighted by atomic mass is 9.79. The minimum atomic E-state index is -0.905. The van der Waals surface area contributed by atoms with Crippen molar-refractivity contribution in [2.75, 3.05) is 0 Å². The average Bonchev–Trinajstić information content (AvgIpc) is 3.35. The highest BCUT2D eigenvalue weighted by Gasteiger charge is 2.65. The minimum Gasteiger partial charge on any atom is -0.325 e. The largest absolute Gasteiger partial charge is 0.325 e. The highest BCUT2D eigenvalue weighted by molar-refractivity contribution is 6.03. The summed E-state index contributed by atoms with van der Waals surface area (Å²) in [5.41, 5.74) is 2.79. The number of nitrogens with zero attached hydrogens (tertiary/aromatic N) is 1. The normalized spacial score (nSPS) is 35.1. The van der Waals surface area contributed by atoms with Crippen molar-refractivity contribution < 1.29 is 9.59 Å². The Morgan fingerprint density at radius 3 is 2.56 bits per heavy atom. The van der Waals surface area contributed by atoms with Crippen LogP contribution in [0.15, 0.2) is 60.7 Å². The number of allylic oxidation sites excluding steroid dienone is 1. The molecule has 5 atom stereocenters. The molecule has 2 fully saturated rings. The van der Waals surface area contributed by atoms with E-state index in [2.05, 4.69) is 17.5 Å². The molecule has 4 heteroatoms. The first-order valence-electron chi connectivity index (χ1n) is 9.62. The van der Waals surface area contributed by atoms with Crippen molar-refractivity contribution in [3.63, 3.8) is 0 Å². The maximum absolute atomic E-state index is 13.6. The zero-order valence-electron chi connectivity index (χ0n) is 15.1. The number of nitrogens with one attached hydrogen (secondary N) is 1. The smallest absolute Gasteiger partial charge is 0.256 e. The van der Waals surface area contributed by atoms with Crippen LogP contribution in [-0.2, 0) is 10.5 Å². The highest BCUT2D eigenvalue weighted by Crippen LogP contribution is 2.55. The van der Waals surface area contributed by atoms with Crippen LogP contribution in [-0.4, -0.2) is 22.8 Å². The molecule has 0 spiro atoms. The fourth-order valence-corrected chi connectivity index (χ4v) is 5.80. The molecule has 27 heavy (non-hydrogen) atoms. The number of aryl methyl sites for hydroxylation is 1. The van der Waals surface area contributed by atoms with E-state index in [1.54, 1.807) is 0 Å². The zero-order valence-corrected chi connectivity index (χ0v) is 15.1. The van der Waals surface area contributed by atoms with Gasteiger partial charge in [0.05, 0.1) is 12.0 Å². The number of hydrogen-bond acceptors (Lipinski definition) is 2. The Hall–Kier alpha value is -2.88. The number of amides is 2. The number of fused-ring (bicyclic) bond motifs is 9. The molecule has 6 rings (SSSR count). The molecule has 0 radical (unpaired) electrons. The fourth-order valence-electron chi connectivity index (χ4n) is 5.80. The predicted octanol–water partition coefficient (Wildman–Crippen LogP) is 2.97. The Morgan fingerprint density at radius 2 is 1.74 bits per heavy atom. The molecule has 2 amide bonds. The maximum Gasteiger partial charge on any atom is 0.256 e. The lowest BCUT2D eigenvalue weighted by Gasteiger charge is -2.51. The van der Waals surface area contributed by atoms with Crippen LogP contribution in [0.2, 0.25) is 0 Å². The quantitative estimate of drug-likeness (QED) is 0.799. The molecule has 1 N–H and O–H groups in total. The van der Waals surface area contributed by atoms with Crippen molar-refractivity contribution in [1.82, 2.24) is 10.2 Å². The molecule has 1 saturated heterocycles. The van der Waals surface area contributed by atoms with Gasteiger partial charge in [0.1, 0.15) is 0 Å². The highest BCUT2D eigenvalue weighted by atomic mass is 16.2. The summed E-state index contributed by atoms with van der Waals surface area (Å²) in [5, 5.41) is 3.30. The van der Waals surface area contributed by atoms with Crippen LogP contribution in [0, 0.1) is 24.7 Å². The summed E-state index contributed by atoms with van der Waals surface area (Å²) in [6.45, 7) is 2.04. The standard InChI is InChI=1S/C23H20N2O2/c1-13-6-10-16(11-7-13)23-18-5-3-2-4-17(18)22(27)25(23)20-15-9-8-14(12-15)19(20)21(26)24-23/h2-11,14-15,19-20H,12H2,1H3,(H,24,26)/t14-,15+,19-,20+,23-/m0/s1. The van der Waals surface area contributed by atoms with Crippen LogP contribution in [0.5, 0.6) is 0 Å². The van der Waals surface area contributed by atoms with E-state index in [1.165, 1.54) is 0 Å². The van der Waals surface area contributed by atoms with Crippen LogP contribution in [0.3, 0.4) is 0 Å². The van der Waals surface area contributed by atoms with Gasteiger partial charge < -0.3 is 10.2 Å². The Morgan fingerprint density at radius 1 is 1.00 bits per heavy atom. The van der Waals surface area contributed by atoms with E-state index in [0.717, 1.165) is 23.1 Å². The predicted molar refractivity (Wildman–Crippen MR) is 101 cm³/mol. The van der Waals surface area contributed by atoms with Crippen molar-refractivity contribution in [3.8, 4) is 0 Å². The molecule has 2 aliphatic carbocycles. The molecule has 0 unspecified atom stereocenters. The van der Waals surface area contributed by atoms with E-state index >= 15 is 0 Å². The van der Waals surface area contributed by atoms with Gasteiger partial charge in [-0.05, 0) is 31.2 Å². The molecule has 2 heterocycles. The second-order valence-corrected chi connectivity index (χ2v) is 8.25. The Labute approximate surface area is 157 Å². The molecular weight excluding hydrogens is 336 g/mol. The Kier molecular flexibility index (Phi) is 2.75. The van der Waals surface area contributed by atoms with Gasteiger partial charge in [0.15, 0.2) is 5.66 Å². The topological polar surface area (TPSA) is 49.4 Å². The lowest BCUT2D eigenvalue weighted by molar-refractivity contribution is -0.138. The molecular formula is C23H20N2O2. The molecule has 2 aliphatic heterocycles. The van der Waals surface area contributed by atoms with Crippen LogP contribution >= 0.6 is 0 Å². The van der Waals surface area contributed by atoms with Crippen LogP contribution < -0.4 is 5.32 Å². The molecule has 2 aromatic rings. The van der Waals surface area contributed by atoms with E-state index in [-0.39, 0.29) is 35.6 Å². The van der Waals surface area contributed by atoms with Crippen LogP contribution in [0.1, 0.15) is 33.5 Å². The minimum absolute atomic E-state index is 0.0297. The van der Waals surface area contributed by atoms with Crippen LogP contribution in [0.4, 0.5) is 0 Å². The summed E-state index contributed by atoms with van der Waals surface area (Å²) < 4.78 is 0. The summed E-state index contributed by atoms with van der Waals surface area (Å²) >= 11 is 0. The van der Waals surface area contributed by atoms with Crippen molar-refractivity contribution in [1.29, 1.82) is 0 Å². The lowest BCUT2D eigenvalue weighted by Crippen LogP contribution is -2.69. The van der Waals surface area contributed by atoms with Gasteiger partial charge in [0.25, 0.3) is 5.91 Å². The van der Waals surface area contributed by atoms with Crippen molar-refractivity contribution in [2.45, 2.75) is 25.0 Å². The van der Waals surface area contributed by atoms with Gasteiger partial charge >= 0.3 is 0 Å². The molecule has 134 valence electrons. The molecule has 1 saturated carbocycles. The summed E-state index contributed by atoms with van der Waals surface area (Å²) in [7, 11) is 0. The van der Waals surface area contributed by atoms with Crippen LogP contribution in [0.25, 0.3) is 0 Å². The van der Waals surface area contributed by atoms with E-state index in [0.29, 0.717) is 5.56 Å². The van der Waals surface area contributed by atoms with Gasteiger partial charge in [-0.25, -0.2) is 0 Å². The first-order valence-corrected chi connectivity index (χ1v) is 9.62. The fraction of sp³-hybridized carbons (Fsp3) is 0.304. The van der Waals surface area contributed by atoms with Gasteiger partial charge in [0, 0.05) is 16.7 Å². The molecule has 2 bridgehead atoms. The number of hydrogen-bond donors (Lipinski definition) is 1. The third kappa shape index (κ3) is 1.69. The number of carbonyl (C=O) groups is 2. The van der Waals surface area contributed by atoms with Gasteiger partial charge in [-0.15, -0.1) is 0 Å². The summed E-state index contributed by atoms with van der Waals surface area (Å²) in [5.74, 6) is 0.457. The van der Waals surface area contributed by atoms with E-state index in [4.69, 9.17) is 0 Å². The van der Waals surface area contributed by atoms with E-state index in [9.17, 15) is 9.59 Å². The molecule has 0 aromatic heterocycles. The van der Waals surface area contributed by atoms with Gasteiger partial charge in [-0.3, -0.25) is 9.59 Å². The second-order valence-electron chi connectivity index (χ2n) is 8.25. The third-order valence-corrected chi connectivity index (χ3v) is 6.92. The van der Waals surface area contributed by atoms with Gasteiger partial charge in [-0.2, -0.15) is 0 Å². The first kappa shape index (κ1) is 15.2. The Bertz CT molecular complexity index is 1020. The Balaban J connectivity index is 1.64.